The van der Waals surface area contributed by atoms with Gasteiger partial charge in [-0.1, -0.05) is 48.9 Å². The maximum Gasteiger partial charge on any atom is 0.120 e. The van der Waals surface area contributed by atoms with Crippen molar-refractivity contribution in [3.63, 3.8) is 0 Å². The van der Waals surface area contributed by atoms with Crippen molar-refractivity contribution in [3.05, 3.63) is 65.2 Å². The summed E-state index contributed by atoms with van der Waals surface area (Å²) in [6, 6.07) is 17.1. The molecular formula is C18H23NO. The first kappa shape index (κ1) is 14.6. The van der Waals surface area contributed by atoms with Crippen molar-refractivity contribution in [2.75, 3.05) is 6.54 Å². The Kier molecular flexibility index (Phi) is 5.19. The van der Waals surface area contributed by atoms with Crippen molar-refractivity contribution in [2.45, 2.75) is 33.4 Å². The third-order valence-electron chi connectivity index (χ3n) is 3.36. The van der Waals surface area contributed by atoms with Crippen LogP contribution in [0.4, 0.5) is 0 Å². The average molecular weight is 269 g/mol. The molecule has 0 heterocycles. The average Bonchev–Trinajstić information content (AvgIpc) is 2.46. The molecule has 20 heavy (non-hydrogen) atoms. The van der Waals surface area contributed by atoms with E-state index in [-0.39, 0.29) is 0 Å². The molecule has 0 fully saturated rings. The number of hydrogen-bond donors (Lipinski definition) is 1. The summed E-state index contributed by atoms with van der Waals surface area (Å²) in [6.07, 6.45) is 0. The topological polar surface area (TPSA) is 21.3 Å². The smallest absolute Gasteiger partial charge is 0.120 e. The number of benzene rings is 2. The molecule has 106 valence electrons. The summed E-state index contributed by atoms with van der Waals surface area (Å²) < 4.78 is 5.89. The van der Waals surface area contributed by atoms with Crippen LogP contribution < -0.4 is 10.1 Å². The number of nitrogens with one attached hydrogen (secondary N) is 1. The van der Waals surface area contributed by atoms with E-state index in [1.165, 1.54) is 16.7 Å². The highest BCUT2D eigenvalue weighted by molar-refractivity contribution is 5.31. The van der Waals surface area contributed by atoms with Gasteiger partial charge in [-0.2, -0.15) is 0 Å². The summed E-state index contributed by atoms with van der Waals surface area (Å²) in [6.45, 7) is 7.97. The van der Waals surface area contributed by atoms with Crippen LogP contribution in [0, 0.1) is 6.92 Å². The predicted octanol–water partition coefficient (Wildman–Crippen LogP) is 4.24. The first-order chi connectivity index (χ1) is 9.69. The Labute approximate surface area is 121 Å². The van der Waals surface area contributed by atoms with Gasteiger partial charge in [-0.15, -0.1) is 0 Å². The van der Waals surface area contributed by atoms with E-state index in [1.807, 2.05) is 6.07 Å². The van der Waals surface area contributed by atoms with Crippen molar-refractivity contribution in [1.29, 1.82) is 0 Å². The van der Waals surface area contributed by atoms with Gasteiger partial charge in [0, 0.05) is 6.04 Å². The van der Waals surface area contributed by atoms with E-state index in [1.54, 1.807) is 0 Å². The second-order valence-corrected chi connectivity index (χ2v) is 5.13. The Morgan fingerprint density at radius 1 is 1.10 bits per heavy atom. The van der Waals surface area contributed by atoms with E-state index in [9.17, 15) is 0 Å². The summed E-state index contributed by atoms with van der Waals surface area (Å²) in [5.74, 6) is 0.925. The molecule has 0 bridgehead atoms. The van der Waals surface area contributed by atoms with Gasteiger partial charge in [0.25, 0.3) is 0 Å². The van der Waals surface area contributed by atoms with Crippen molar-refractivity contribution in [2.24, 2.45) is 0 Å². The molecule has 0 aliphatic heterocycles. The van der Waals surface area contributed by atoms with E-state index in [0.29, 0.717) is 12.6 Å². The molecule has 1 atom stereocenters. The molecule has 2 rings (SSSR count). The van der Waals surface area contributed by atoms with Gasteiger partial charge < -0.3 is 10.1 Å². The van der Waals surface area contributed by atoms with E-state index in [4.69, 9.17) is 4.74 Å². The first-order valence-electron chi connectivity index (χ1n) is 7.20. The third kappa shape index (κ3) is 4.10. The third-order valence-corrected chi connectivity index (χ3v) is 3.36. The highest BCUT2D eigenvalue weighted by Crippen LogP contribution is 2.20. The Morgan fingerprint density at radius 3 is 2.65 bits per heavy atom. The molecule has 1 N–H and O–H groups in total. The van der Waals surface area contributed by atoms with Gasteiger partial charge in [-0.05, 0) is 43.7 Å². The number of ether oxygens (including phenoxy) is 1. The molecule has 0 aliphatic rings. The molecule has 0 spiro atoms. The minimum atomic E-state index is 0.350. The van der Waals surface area contributed by atoms with Crippen LogP contribution in [0.25, 0.3) is 0 Å². The molecule has 2 aromatic carbocycles. The second-order valence-electron chi connectivity index (χ2n) is 5.13. The monoisotopic (exact) mass is 269 g/mol. The van der Waals surface area contributed by atoms with E-state index >= 15 is 0 Å². The summed E-state index contributed by atoms with van der Waals surface area (Å²) in [5.41, 5.74) is 3.73. The molecule has 2 heteroatoms. The molecule has 0 saturated heterocycles. The summed E-state index contributed by atoms with van der Waals surface area (Å²) in [5, 5.41) is 3.41. The standard InChI is InChI=1S/C18H23NO/c1-4-19-15(3)17-9-6-10-18(12-17)20-13-16-8-5-7-14(2)11-16/h5-12,15,19H,4,13H2,1-3H3. The summed E-state index contributed by atoms with van der Waals surface area (Å²) >= 11 is 0. The minimum Gasteiger partial charge on any atom is -0.489 e. The second kappa shape index (κ2) is 7.11. The van der Waals surface area contributed by atoms with Crippen LogP contribution in [-0.2, 0) is 6.61 Å². The lowest BCUT2D eigenvalue weighted by atomic mass is 10.1. The van der Waals surface area contributed by atoms with Crippen LogP contribution in [0.5, 0.6) is 5.75 Å². The van der Waals surface area contributed by atoms with Crippen molar-refractivity contribution in [1.82, 2.24) is 5.32 Å². The normalized spacial score (nSPS) is 12.2. The molecule has 0 radical (unpaired) electrons. The van der Waals surface area contributed by atoms with Gasteiger partial charge in [0.1, 0.15) is 12.4 Å². The highest BCUT2D eigenvalue weighted by atomic mass is 16.5. The van der Waals surface area contributed by atoms with Crippen molar-refractivity contribution < 1.29 is 4.74 Å². The first-order valence-corrected chi connectivity index (χ1v) is 7.20. The van der Waals surface area contributed by atoms with Crippen molar-refractivity contribution in [3.8, 4) is 5.75 Å². The number of aryl methyl sites for hydroxylation is 1. The van der Waals surface area contributed by atoms with E-state index < -0.39 is 0 Å². The summed E-state index contributed by atoms with van der Waals surface area (Å²) in [7, 11) is 0. The number of rotatable bonds is 6. The van der Waals surface area contributed by atoms with E-state index in [0.717, 1.165) is 12.3 Å². The maximum absolute atomic E-state index is 5.89. The lowest BCUT2D eigenvalue weighted by Crippen LogP contribution is -2.17. The largest absolute Gasteiger partial charge is 0.489 e. The van der Waals surface area contributed by atoms with Gasteiger partial charge in [0.2, 0.25) is 0 Å². The Morgan fingerprint density at radius 2 is 1.90 bits per heavy atom. The lowest BCUT2D eigenvalue weighted by molar-refractivity contribution is 0.305. The van der Waals surface area contributed by atoms with Crippen LogP contribution in [-0.4, -0.2) is 6.54 Å². The predicted molar refractivity (Wildman–Crippen MR) is 84.0 cm³/mol. The number of hydrogen-bond acceptors (Lipinski definition) is 2. The SMILES string of the molecule is CCNC(C)c1cccc(OCc2cccc(C)c2)c1. The highest BCUT2D eigenvalue weighted by Gasteiger charge is 2.05. The van der Waals surface area contributed by atoms with Crippen LogP contribution in [0.2, 0.25) is 0 Å². The zero-order chi connectivity index (χ0) is 14.4. The van der Waals surface area contributed by atoms with Gasteiger partial charge in [-0.25, -0.2) is 0 Å². The molecule has 0 aromatic heterocycles. The van der Waals surface area contributed by atoms with Crippen molar-refractivity contribution >= 4 is 0 Å². The van der Waals surface area contributed by atoms with Crippen LogP contribution >= 0.6 is 0 Å². The zero-order valence-electron chi connectivity index (χ0n) is 12.5. The fraction of sp³-hybridized carbons (Fsp3) is 0.333. The Hall–Kier alpha value is -1.80. The quantitative estimate of drug-likeness (QED) is 0.846. The molecular weight excluding hydrogens is 246 g/mol. The van der Waals surface area contributed by atoms with Crippen LogP contribution in [0.3, 0.4) is 0 Å². The molecule has 0 aliphatic carbocycles. The molecule has 2 aromatic rings. The lowest BCUT2D eigenvalue weighted by Gasteiger charge is -2.14. The molecule has 1 unspecified atom stereocenters. The van der Waals surface area contributed by atoms with Gasteiger partial charge in [-0.3, -0.25) is 0 Å². The maximum atomic E-state index is 5.89. The Balaban J connectivity index is 2.01. The molecule has 2 nitrogen and oxygen atoms in total. The van der Waals surface area contributed by atoms with Crippen LogP contribution in [0.15, 0.2) is 48.5 Å². The van der Waals surface area contributed by atoms with E-state index in [2.05, 4.69) is 68.6 Å². The van der Waals surface area contributed by atoms with Gasteiger partial charge in [0.15, 0.2) is 0 Å². The summed E-state index contributed by atoms with van der Waals surface area (Å²) in [4.78, 5) is 0. The molecule has 0 saturated carbocycles. The fourth-order valence-electron chi connectivity index (χ4n) is 2.27. The van der Waals surface area contributed by atoms with Crippen LogP contribution in [0.1, 0.15) is 36.6 Å². The molecule has 0 amide bonds. The minimum absolute atomic E-state index is 0.350. The van der Waals surface area contributed by atoms with Gasteiger partial charge in [0.05, 0.1) is 0 Å². The Bertz CT molecular complexity index is 551. The van der Waals surface area contributed by atoms with Gasteiger partial charge >= 0.3 is 0 Å². The fourth-order valence-corrected chi connectivity index (χ4v) is 2.27. The zero-order valence-corrected chi connectivity index (χ0v) is 12.5.